The highest BCUT2D eigenvalue weighted by atomic mass is 32.2. The van der Waals surface area contributed by atoms with Crippen molar-refractivity contribution in [1.82, 2.24) is 10.2 Å². The van der Waals surface area contributed by atoms with Crippen LogP contribution in [0.4, 0.5) is 0 Å². The Morgan fingerprint density at radius 2 is 2.22 bits per heavy atom. The summed E-state index contributed by atoms with van der Waals surface area (Å²) in [5.41, 5.74) is 0.218. The number of hydrogen-bond donors (Lipinski definition) is 1. The monoisotopic (exact) mass is 272 g/mol. The summed E-state index contributed by atoms with van der Waals surface area (Å²) in [4.78, 5) is 2.48. The van der Waals surface area contributed by atoms with Crippen LogP contribution in [0.2, 0.25) is 0 Å². The molecule has 2 atom stereocenters. The summed E-state index contributed by atoms with van der Waals surface area (Å²) < 4.78 is 6.06. The standard InChI is InChI=1S/C14H28N2OS/c1-3-16(4-2)8-7-15-13-5-9-17-14(11-13)6-10-18-12-14/h13,15H,3-12H2,1-2H3. The van der Waals surface area contributed by atoms with Crippen LogP contribution in [0.1, 0.15) is 33.1 Å². The van der Waals surface area contributed by atoms with Gasteiger partial charge in [0.25, 0.3) is 0 Å². The number of likely N-dealkylation sites (N-methyl/N-ethyl adjacent to an activating group) is 1. The Labute approximate surface area is 116 Å². The predicted molar refractivity (Wildman–Crippen MR) is 79.4 cm³/mol. The first-order chi connectivity index (χ1) is 8.78. The van der Waals surface area contributed by atoms with Crippen LogP contribution in [-0.4, -0.2) is 60.8 Å². The van der Waals surface area contributed by atoms with Gasteiger partial charge in [-0.15, -0.1) is 0 Å². The molecule has 0 bridgehead atoms. The van der Waals surface area contributed by atoms with Gasteiger partial charge in [-0.2, -0.15) is 11.8 Å². The van der Waals surface area contributed by atoms with Gasteiger partial charge in [0.05, 0.1) is 5.60 Å². The average Bonchev–Trinajstić information content (AvgIpc) is 2.83. The third kappa shape index (κ3) is 3.86. The first-order valence-corrected chi connectivity index (χ1v) is 8.61. The minimum atomic E-state index is 0.218. The fourth-order valence-electron chi connectivity index (χ4n) is 3.03. The molecule has 0 saturated carbocycles. The topological polar surface area (TPSA) is 24.5 Å². The molecule has 2 aliphatic heterocycles. The van der Waals surface area contributed by atoms with Crippen LogP contribution < -0.4 is 5.32 Å². The van der Waals surface area contributed by atoms with Crippen molar-refractivity contribution in [1.29, 1.82) is 0 Å². The number of ether oxygens (including phenoxy) is 1. The lowest BCUT2D eigenvalue weighted by molar-refractivity contribution is -0.0701. The van der Waals surface area contributed by atoms with Crippen molar-refractivity contribution in [2.45, 2.75) is 44.8 Å². The molecular weight excluding hydrogens is 244 g/mol. The first-order valence-electron chi connectivity index (χ1n) is 7.45. The largest absolute Gasteiger partial charge is 0.374 e. The van der Waals surface area contributed by atoms with Crippen LogP contribution in [0.3, 0.4) is 0 Å². The zero-order valence-corrected chi connectivity index (χ0v) is 12.7. The highest BCUT2D eigenvalue weighted by molar-refractivity contribution is 7.99. The van der Waals surface area contributed by atoms with Gasteiger partial charge in [-0.05, 0) is 38.1 Å². The van der Waals surface area contributed by atoms with Crippen molar-refractivity contribution in [2.24, 2.45) is 0 Å². The summed E-state index contributed by atoms with van der Waals surface area (Å²) in [7, 11) is 0. The molecule has 0 aromatic heterocycles. The molecule has 2 unspecified atom stereocenters. The third-order valence-corrected chi connectivity index (χ3v) is 5.54. The van der Waals surface area contributed by atoms with Crippen LogP contribution in [-0.2, 0) is 4.74 Å². The molecule has 1 spiro atoms. The van der Waals surface area contributed by atoms with Crippen molar-refractivity contribution in [3.8, 4) is 0 Å². The fourth-order valence-corrected chi connectivity index (χ4v) is 4.41. The minimum absolute atomic E-state index is 0.218. The lowest BCUT2D eigenvalue weighted by Gasteiger charge is -2.38. The van der Waals surface area contributed by atoms with Crippen molar-refractivity contribution >= 4 is 11.8 Å². The van der Waals surface area contributed by atoms with Gasteiger partial charge in [0.2, 0.25) is 0 Å². The first kappa shape index (κ1) is 14.6. The molecule has 0 aliphatic carbocycles. The molecule has 2 fully saturated rings. The van der Waals surface area contributed by atoms with E-state index in [4.69, 9.17) is 4.74 Å². The summed E-state index contributed by atoms with van der Waals surface area (Å²) in [6, 6.07) is 0.674. The molecule has 1 N–H and O–H groups in total. The van der Waals surface area contributed by atoms with E-state index in [2.05, 4.69) is 35.8 Å². The number of nitrogens with zero attached hydrogens (tertiary/aromatic N) is 1. The number of rotatable bonds is 6. The molecule has 4 heteroatoms. The molecule has 0 radical (unpaired) electrons. The maximum absolute atomic E-state index is 6.06. The third-order valence-electron chi connectivity index (χ3n) is 4.32. The van der Waals surface area contributed by atoms with Gasteiger partial charge in [-0.3, -0.25) is 0 Å². The molecule has 2 heterocycles. The molecule has 0 amide bonds. The molecule has 2 saturated heterocycles. The van der Waals surface area contributed by atoms with E-state index in [0.717, 1.165) is 26.2 Å². The van der Waals surface area contributed by atoms with Gasteiger partial charge >= 0.3 is 0 Å². The van der Waals surface area contributed by atoms with E-state index in [0.29, 0.717) is 6.04 Å². The van der Waals surface area contributed by atoms with Crippen LogP contribution in [0, 0.1) is 0 Å². The van der Waals surface area contributed by atoms with Gasteiger partial charge in [0.15, 0.2) is 0 Å². The van der Waals surface area contributed by atoms with Crippen molar-refractivity contribution in [3.05, 3.63) is 0 Å². The summed E-state index contributed by atoms with van der Waals surface area (Å²) >= 11 is 2.06. The maximum Gasteiger partial charge on any atom is 0.0795 e. The molecule has 106 valence electrons. The Morgan fingerprint density at radius 3 is 2.89 bits per heavy atom. The molecule has 0 aromatic rings. The molecule has 2 aliphatic rings. The van der Waals surface area contributed by atoms with Crippen LogP contribution in [0.15, 0.2) is 0 Å². The summed E-state index contributed by atoms with van der Waals surface area (Å²) in [5, 5.41) is 3.74. The summed E-state index contributed by atoms with van der Waals surface area (Å²) in [5.74, 6) is 2.49. The van der Waals surface area contributed by atoms with E-state index >= 15 is 0 Å². The van der Waals surface area contributed by atoms with Crippen molar-refractivity contribution in [2.75, 3.05) is 44.3 Å². The smallest absolute Gasteiger partial charge is 0.0795 e. The van der Waals surface area contributed by atoms with Crippen molar-refractivity contribution in [3.63, 3.8) is 0 Å². The Morgan fingerprint density at radius 1 is 1.39 bits per heavy atom. The summed E-state index contributed by atoms with van der Waals surface area (Å²) in [6.45, 7) is 10.0. The van der Waals surface area contributed by atoms with Gasteiger partial charge < -0.3 is 15.0 Å². The fraction of sp³-hybridized carbons (Fsp3) is 1.00. The van der Waals surface area contributed by atoms with E-state index in [-0.39, 0.29) is 5.60 Å². The van der Waals surface area contributed by atoms with E-state index in [1.807, 2.05) is 0 Å². The van der Waals surface area contributed by atoms with E-state index < -0.39 is 0 Å². The van der Waals surface area contributed by atoms with Crippen LogP contribution in [0.25, 0.3) is 0 Å². The number of hydrogen-bond acceptors (Lipinski definition) is 4. The Bertz CT molecular complexity index is 240. The predicted octanol–water partition coefficient (Wildman–Crippen LogP) is 1.97. The Kier molecular flexibility index (Phi) is 5.80. The highest BCUT2D eigenvalue weighted by Gasteiger charge is 2.40. The van der Waals surface area contributed by atoms with Crippen LogP contribution >= 0.6 is 11.8 Å². The number of nitrogens with one attached hydrogen (secondary N) is 1. The Hall–Kier alpha value is 0.230. The van der Waals surface area contributed by atoms with Gasteiger partial charge in [0, 0.05) is 31.5 Å². The molecule has 2 rings (SSSR count). The Balaban J connectivity index is 1.69. The van der Waals surface area contributed by atoms with Gasteiger partial charge in [0.1, 0.15) is 0 Å². The zero-order chi connectivity index (χ0) is 12.8. The molecular formula is C14H28N2OS. The van der Waals surface area contributed by atoms with E-state index in [1.54, 1.807) is 0 Å². The molecule has 0 aromatic carbocycles. The minimum Gasteiger partial charge on any atom is -0.374 e. The van der Waals surface area contributed by atoms with Crippen molar-refractivity contribution < 1.29 is 4.74 Å². The highest BCUT2D eigenvalue weighted by Crippen LogP contribution is 2.38. The SMILES string of the molecule is CCN(CC)CCNC1CCOC2(CCSC2)C1. The van der Waals surface area contributed by atoms with E-state index in [9.17, 15) is 0 Å². The quantitative estimate of drug-likeness (QED) is 0.799. The zero-order valence-electron chi connectivity index (χ0n) is 11.9. The molecule has 3 nitrogen and oxygen atoms in total. The van der Waals surface area contributed by atoms with Gasteiger partial charge in [-0.25, -0.2) is 0 Å². The number of thioether (sulfide) groups is 1. The second-order valence-electron chi connectivity index (χ2n) is 5.50. The van der Waals surface area contributed by atoms with E-state index in [1.165, 1.54) is 37.3 Å². The normalized spacial score (nSPS) is 32.5. The van der Waals surface area contributed by atoms with Crippen LogP contribution in [0.5, 0.6) is 0 Å². The van der Waals surface area contributed by atoms with Gasteiger partial charge in [-0.1, -0.05) is 13.8 Å². The lowest BCUT2D eigenvalue weighted by Crippen LogP contribution is -2.48. The summed E-state index contributed by atoms with van der Waals surface area (Å²) in [6.07, 6.45) is 3.66. The maximum atomic E-state index is 6.06. The average molecular weight is 272 g/mol. The second kappa shape index (κ2) is 7.13. The lowest BCUT2D eigenvalue weighted by atomic mass is 9.90. The molecule has 18 heavy (non-hydrogen) atoms. The second-order valence-corrected chi connectivity index (χ2v) is 6.61.